The fraction of sp³-hybridized carbons (Fsp3) is 0.667. The number of fused-ring (bicyclic) bond motifs is 1. The van der Waals surface area contributed by atoms with Crippen LogP contribution >= 0.6 is 12.4 Å². The number of amidine groups is 1. The molecule has 2 aromatic heterocycles. The molecule has 4 rings (SSSR count). The molecule has 0 amide bonds. The number of halogens is 1. The number of aliphatic imine (C=N–C) groups is 1. The highest BCUT2D eigenvalue weighted by Crippen LogP contribution is 2.22. The van der Waals surface area contributed by atoms with Gasteiger partial charge in [-0.2, -0.15) is 4.98 Å². The lowest BCUT2D eigenvalue weighted by Crippen LogP contribution is -2.38. The molecule has 0 saturated carbocycles. The van der Waals surface area contributed by atoms with E-state index in [0.29, 0.717) is 24.3 Å². The standard InChI is InChI=1S/C18H27N7O2.ClH/c1-22-15-14(16(26)23(2)18(22)27)25(12-9-20-13-7-6-8-19-13)17(21-15)24-10-4-3-5-11-24;/h3-12H2,1-2H3,(H,19,20);1H. The molecule has 1 fully saturated rings. The second-order valence-corrected chi connectivity index (χ2v) is 7.35. The number of anilines is 1. The van der Waals surface area contributed by atoms with Crippen LogP contribution in [0, 0.1) is 0 Å². The fourth-order valence-corrected chi connectivity index (χ4v) is 3.98. The van der Waals surface area contributed by atoms with E-state index in [0.717, 1.165) is 61.7 Å². The lowest BCUT2D eigenvalue weighted by molar-refractivity contribution is 0.553. The Morgan fingerprint density at radius 2 is 1.79 bits per heavy atom. The van der Waals surface area contributed by atoms with Gasteiger partial charge in [-0.25, -0.2) is 4.79 Å². The zero-order valence-corrected chi connectivity index (χ0v) is 17.3. The quantitative estimate of drug-likeness (QED) is 0.799. The van der Waals surface area contributed by atoms with E-state index in [9.17, 15) is 9.59 Å². The summed E-state index contributed by atoms with van der Waals surface area (Å²) < 4.78 is 4.61. The molecule has 0 aliphatic carbocycles. The molecule has 0 unspecified atom stereocenters. The first-order valence-corrected chi connectivity index (χ1v) is 9.76. The average Bonchev–Trinajstić information content (AvgIpc) is 3.33. The van der Waals surface area contributed by atoms with Crippen LogP contribution in [0.5, 0.6) is 0 Å². The second-order valence-electron chi connectivity index (χ2n) is 7.35. The van der Waals surface area contributed by atoms with Gasteiger partial charge in [0.05, 0.1) is 5.84 Å². The highest BCUT2D eigenvalue weighted by atomic mass is 35.5. The van der Waals surface area contributed by atoms with Gasteiger partial charge in [-0.1, -0.05) is 0 Å². The van der Waals surface area contributed by atoms with Gasteiger partial charge in [-0.05, 0) is 25.7 Å². The van der Waals surface area contributed by atoms with E-state index in [1.54, 1.807) is 7.05 Å². The number of nitrogens with one attached hydrogen (secondary N) is 1. The van der Waals surface area contributed by atoms with Crippen molar-refractivity contribution in [2.24, 2.45) is 19.1 Å². The summed E-state index contributed by atoms with van der Waals surface area (Å²) in [6.07, 6.45) is 5.54. The first-order valence-electron chi connectivity index (χ1n) is 9.76. The molecule has 0 radical (unpaired) electrons. The molecule has 154 valence electrons. The van der Waals surface area contributed by atoms with Crippen LogP contribution in [-0.4, -0.2) is 50.7 Å². The molecule has 10 heteroatoms. The summed E-state index contributed by atoms with van der Waals surface area (Å²) in [5, 5.41) is 3.38. The Morgan fingerprint density at radius 3 is 2.46 bits per heavy atom. The summed E-state index contributed by atoms with van der Waals surface area (Å²) in [7, 11) is 3.19. The zero-order chi connectivity index (χ0) is 19.0. The van der Waals surface area contributed by atoms with E-state index in [-0.39, 0.29) is 23.7 Å². The monoisotopic (exact) mass is 409 g/mol. The molecule has 0 aromatic carbocycles. The van der Waals surface area contributed by atoms with Crippen molar-refractivity contribution in [1.29, 1.82) is 0 Å². The van der Waals surface area contributed by atoms with Gasteiger partial charge in [0.15, 0.2) is 11.2 Å². The topological polar surface area (TPSA) is 89.4 Å². The minimum Gasteiger partial charge on any atom is -0.372 e. The Kier molecular flexibility index (Phi) is 6.12. The molecule has 2 aliphatic heterocycles. The van der Waals surface area contributed by atoms with Crippen molar-refractivity contribution < 1.29 is 0 Å². The largest absolute Gasteiger partial charge is 0.372 e. The number of aryl methyl sites for hydroxylation is 1. The van der Waals surface area contributed by atoms with Crippen LogP contribution in [0.1, 0.15) is 32.1 Å². The molecule has 2 aliphatic rings. The minimum atomic E-state index is -0.346. The molecule has 1 saturated heterocycles. The van der Waals surface area contributed by atoms with Crippen LogP contribution in [-0.2, 0) is 20.6 Å². The number of hydrogen-bond acceptors (Lipinski definition) is 6. The summed E-state index contributed by atoms with van der Waals surface area (Å²) in [6, 6.07) is 0. The van der Waals surface area contributed by atoms with Crippen LogP contribution in [0.3, 0.4) is 0 Å². The van der Waals surface area contributed by atoms with Gasteiger partial charge >= 0.3 is 5.69 Å². The fourth-order valence-electron chi connectivity index (χ4n) is 3.98. The maximum absolute atomic E-state index is 12.9. The Balaban J connectivity index is 0.00000225. The van der Waals surface area contributed by atoms with Crippen molar-refractivity contribution in [3.8, 4) is 0 Å². The third-order valence-corrected chi connectivity index (χ3v) is 5.51. The van der Waals surface area contributed by atoms with Crippen LogP contribution in [0.25, 0.3) is 11.2 Å². The van der Waals surface area contributed by atoms with Gasteiger partial charge in [-0.3, -0.25) is 18.9 Å². The third-order valence-electron chi connectivity index (χ3n) is 5.51. The summed E-state index contributed by atoms with van der Waals surface area (Å²) >= 11 is 0. The summed E-state index contributed by atoms with van der Waals surface area (Å²) in [6.45, 7) is 4.03. The smallest absolute Gasteiger partial charge is 0.332 e. The highest BCUT2D eigenvalue weighted by molar-refractivity contribution is 5.85. The maximum Gasteiger partial charge on any atom is 0.332 e. The Hall–Kier alpha value is -2.29. The molecule has 0 atom stereocenters. The van der Waals surface area contributed by atoms with Crippen molar-refractivity contribution in [1.82, 2.24) is 24.0 Å². The lowest BCUT2D eigenvalue weighted by atomic mass is 10.1. The van der Waals surface area contributed by atoms with Crippen LogP contribution < -0.4 is 21.5 Å². The average molecular weight is 410 g/mol. The molecular weight excluding hydrogens is 382 g/mol. The Labute approximate surface area is 169 Å². The molecular formula is C18H28ClN7O2. The first kappa shape index (κ1) is 20.4. The van der Waals surface area contributed by atoms with Crippen molar-refractivity contribution in [2.75, 3.05) is 31.1 Å². The molecule has 0 bridgehead atoms. The van der Waals surface area contributed by atoms with E-state index in [4.69, 9.17) is 4.98 Å². The highest BCUT2D eigenvalue weighted by Gasteiger charge is 2.23. The predicted molar refractivity (Wildman–Crippen MR) is 113 cm³/mol. The van der Waals surface area contributed by atoms with E-state index >= 15 is 0 Å². The summed E-state index contributed by atoms with van der Waals surface area (Å²) in [5.41, 5.74) is 0.320. The summed E-state index contributed by atoms with van der Waals surface area (Å²) in [5.74, 6) is 1.83. The van der Waals surface area contributed by atoms with Gasteiger partial charge in [0, 0.05) is 53.2 Å². The molecule has 28 heavy (non-hydrogen) atoms. The van der Waals surface area contributed by atoms with E-state index in [1.165, 1.54) is 18.0 Å². The number of nitrogens with zero attached hydrogens (tertiary/aromatic N) is 6. The van der Waals surface area contributed by atoms with E-state index < -0.39 is 0 Å². The SMILES string of the molecule is Cl.Cn1c(=O)c2c(nc(N3CCCCC3)n2CCNC2=NCCC2)n(C)c1=O. The van der Waals surface area contributed by atoms with Gasteiger partial charge in [0.2, 0.25) is 5.95 Å². The molecule has 9 nitrogen and oxygen atoms in total. The minimum absolute atomic E-state index is 0. The van der Waals surface area contributed by atoms with Crippen LogP contribution in [0.15, 0.2) is 14.6 Å². The van der Waals surface area contributed by atoms with Gasteiger partial charge in [0.1, 0.15) is 0 Å². The number of rotatable bonds is 4. The molecule has 4 heterocycles. The molecule has 0 spiro atoms. The third kappa shape index (κ3) is 3.55. The van der Waals surface area contributed by atoms with Crippen molar-refractivity contribution in [3.05, 3.63) is 20.8 Å². The lowest BCUT2D eigenvalue weighted by Gasteiger charge is -2.28. The number of aromatic nitrogens is 4. The zero-order valence-electron chi connectivity index (χ0n) is 16.5. The Bertz CT molecular complexity index is 998. The van der Waals surface area contributed by atoms with Crippen molar-refractivity contribution >= 4 is 35.4 Å². The number of piperidine rings is 1. The first-order chi connectivity index (χ1) is 13.1. The van der Waals surface area contributed by atoms with Gasteiger partial charge in [-0.15, -0.1) is 12.4 Å². The van der Waals surface area contributed by atoms with E-state index in [1.807, 2.05) is 4.57 Å². The van der Waals surface area contributed by atoms with Crippen LogP contribution in [0.4, 0.5) is 5.95 Å². The maximum atomic E-state index is 12.9. The van der Waals surface area contributed by atoms with Crippen molar-refractivity contribution in [2.45, 2.75) is 38.6 Å². The second kappa shape index (κ2) is 8.38. The summed E-state index contributed by atoms with van der Waals surface area (Å²) in [4.78, 5) is 36.6. The number of imidazole rings is 1. The Morgan fingerprint density at radius 1 is 1.04 bits per heavy atom. The van der Waals surface area contributed by atoms with Gasteiger partial charge < -0.3 is 14.8 Å². The predicted octanol–water partition coefficient (Wildman–Crippen LogP) is 0.628. The number of hydrogen-bond donors (Lipinski definition) is 1. The molecule has 1 N–H and O–H groups in total. The van der Waals surface area contributed by atoms with E-state index in [2.05, 4.69) is 15.2 Å². The van der Waals surface area contributed by atoms with Crippen LogP contribution in [0.2, 0.25) is 0 Å². The normalized spacial score (nSPS) is 16.9. The van der Waals surface area contributed by atoms with Crippen molar-refractivity contribution in [3.63, 3.8) is 0 Å². The molecule has 2 aromatic rings. The van der Waals surface area contributed by atoms with Gasteiger partial charge in [0.25, 0.3) is 5.56 Å².